The molecule has 0 spiro atoms. The van der Waals surface area contributed by atoms with Crippen molar-refractivity contribution in [2.45, 2.75) is 19.1 Å². The Kier molecular flexibility index (Phi) is 5.82. The summed E-state index contributed by atoms with van der Waals surface area (Å²) in [4.78, 5) is 16.5. The molecule has 0 bridgehead atoms. The highest BCUT2D eigenvalue weighted by molar-refractivity contribution is 5.94. The van der Waals surface area contributed by atoms with Gasteiger partial charge in [0.05, 0.1) is 5.56 Å². The van der Waals surface area contributed by atoms with Crippen molar-refractivity contribution in [2.75, 3.05) is 39.8 Å². The van der Waals surface area contributed by atoms with Crippen LogP contribution in [0.5, 0.6) is 0 Å². The number of likely N-dealkylation sites (N-methyl/N-ethyl adjacent to an activating group) is 1. The molecule has 1 N–H and O–H groups in total. The normalized spacial score (nSPS) is 18.4. The second kappa shape index (κ2) is 7.48. The van der Waals surface area contributed by atoms with Gasteiger partial charge in [0.2, 0.25) is 0 Å². The van der Waals surface area contributed by atoms with Gasteiger partial charge in [-0.3, -0.25) is 9.69 Å². The molecule has 1 saturated heterocycles. The minimum atomic E-state index is -4.83. The van der Waals surface area contributed by atoms with Crippen molar-refractivity contribution in [3.63, 3.8) is 0 Å². The molecule has 4 nitrogen and oxygen atoms in total. The van der Waals surface area contributed by atoms with Gasteiger partial charge in [0.15, 0.2) is 0 Å². The molecule has 1 aromatic rings. The van der Waals surface area contributed by atoms with Crippen LogP contribution in [0.15, 0.2) is 18.2 Å². The molecule has 1 fully saturated rings. The van der Waals surface area contributed by atoms with Crippen LogP contribution in [0, 0.1) is 5.82 Å². The van der Waals surface area contributed by atoms with E-state index in [9.17, 15) is 22.4 Å². The zero-order chi connectivity index (χ0) is 17.9. The third-order valence-electron chi connectivity index (χ3n) is 4.25. The molecule has 0 unspecified atom stereocenters. The summed E-state index contributed by atoms with van der Waals surface area (Å²) in [6.45, 7) is 5.90. The highest BCUT2D eigenvalue weighted by Gasteiger charge is 2.34. The molecule has 0 radical (unpaired) electrons. The lowest BCUT2D eigenvalue weighted by molar-refractivity contribution is -0.140. The topological polar surface area (TPSA) is 35.6 Å². The molecule has 1 amide bonds. The second-order valence-corrected chi connectivity index (χ2v) is 6.09. The van der Waals surface area contributed by atoms with Gasteiger partial charge in [-0.15, -0.1) is 0 Å². The van der Waals surface area contributed by atoms with Gasteiger partial charge in [0.1, 0.15) is 5.82 Å². The van der Waals surface area contributed by atoms with Gasteiger partial charge in [-0.25, -0.2) is 4.39 Å². The van der Waals surface area contributed by atoms with Crippen molar-refractivity contribution in [1.82, 2.24) is 15.1 Å². The Bertz CT molecular complexity index is 583. The molecule has 0 aromatic heterocycles. The van der Waals surface area contributed by atoms with Gasteiger partial charge in [0.25, 0.3) is 5.91 Å². The summed E-state index contributed by atoms with van der Waals surface area (Å²) >= 11 is 0. The van der Waals surface area contributed by atoms with Crippen molar-refractivity contribution in [2.24, 2.45) is 0 Å². The SMILES string of the molecule is C[C@@H](CNC(=O)c1ccc(F)c(C(F)(F)F)c1)N1CCN(C)CC1. The summed E-state index contributed by atoms with van der Waals surface area (Å²) in [6, 6.07) is 2.35. The fourth-order valence-electron chi connectivity index (χ4n) is 2.62. The van der Waals surface area contributed by atoms with E-state index in [0.717, 1.165) is 32.2 Å². The molecule has 24 heavy (non-hydrogen) atoms. The Balaban J connectivity index is 1.95. The number of nitrogens with zero attached hydrogens (tertiary/aromatic N) is 2. The van der Waals surface area contributed by atoms with Crippen LogP contribution in [-0.2, 0) is 6.18 Å². The van der Waals surface area contributed by atoms with E-state index < -0.39 is 23.5 Å². The number of nitrogens with one attached hydrogen (secondary N) is 1. The first-order chi connectivity index (χ1) is 11.2. The Morgan fingerprint density at radius 1 is 1.25 bits per heavy atom. The molecule has 1 aliphatic rings. The number of hydrogen-bond donors (Lipinski definition) is 1. The molecule has 1 aliphatic heterocycles. The number of benzene rings is 1. The average molecular weight is 347 g/mol. The number of carbonyl (C=O) groups is 1. The van der Waals surface area contributed by atoms with Crippen LogP contribution in [0.2, 0.25) is 0 Å². The van der Waals surface area contributed by atoms with Crippen molar-refractivity contribution < 1.29 is 22.4 Å². The summed E-state index contributed by atoms with van der Waals surface area (Å²) < 4.78 is 51.4. The number of alkyl halides is 3. The van der Waals surface area contributed by atoms with Crippen molar-refractivity contribution in [3.05, 3.63) is 35.1 Å². The predicted octanol–water partition coefficient (Wildman–Crippen LogP) is 2.21. The fraction of sp³-hybridized carbons (Fsp3) is 0.562. The third-order valence-corrected chi connectivity index (χ3v) is 4.25. The van der Waals surface area contributed by atoms with Crippen LogP contribution < -0.4 is 5.32 Å². The quantitative estimate of drug-likeness (QED) is 0.849. The molecule has 1 heterocycles. The lowest BCUT2D eigenvalue weighted by Gasteiger charge is -2.36. The van der Waals surface area contributed by atoms with E-state index in [1.165, 1.54) is 0 Å². The summed E-state index contributed by atoms with van der Waals surface area (Å²) in [5, 5.41) is 2.62. The summed E-state index contributed by atoms with van der Waals surface area (Å²) in [7, 11) is 2.04. The van der Waals surface area contributed by atoms with Gasteiger partial charge in [0, 0.05) is 44.3 Å². The highest BCUT2D eigenvalue weighted by atomic mass is 19.4. The molecule has 2 rings (SSSR count). The summed E-state index contributed by atoms with van der Waals surface area (Å²) in [6.07, 6.45) is -4.83. The molecule has 1 atom stereocenters. The second-order valence-electron chi connectivity index (χ2n) is 6.09. The number of hydrogen-bond acceptors (Lipinski definition) is 3. The van der Waals surface area contributed by atoms with E-state index in [2.05, 4.69) is 15.1 Å². The first-order valence-electron chi connectivity index (χ1n) is 7.76. The molecular formula is C16H21F4N3O. The average Bonchev–Trinajstić information content (AvgIpc) is 2.52. The largest absolute Gasteiger partial charge is 0.419 e. The van der Waals surface area contributed by atoms with Gasteiger partial charge >= 0.3 is 6.18 Å². The minimum absolute atomic E-state index is 0.0742. The molecule has 1 aromatic carbocycles. The fourth-order valence-corrected chi connectivity index (χ4v) is 2.62. The number of halogens is 4. The first kappa shape index (κ1) is 18.7. The standard InChI is InChI=1S/C16H21F4N3O/c1-11(23-7-5-22(2)6-8-23)10-21-15(24)12-3-4-14(17)13(9-12)16(18,19)20/h3-4,9,11H,5-8,10H2,1-2H3,(H,21,24)/t11-/m0/s1. The van der Waals surface area contributed by atoms with Gasteiger partial charge in [-0.1, -0.05) is 0 Å². The van der Waals surface area contributed by atoms with Crippen molar-refractivity contribution in [3.8, 4) is 0 Å². The predicted molar refractivity (Wildman–Crippen MR) is 82.3 cm³/mol. The Hall–Kier alpha value is -1.67. The smallest absolute Gasteiger partial charge is 0.350 e. The van der Waals surface area contributed by atoms with Crippen LogP contribution in [0.3, 0.4) is 0 Å². The Morgan fingerprint density at radius 3 is 2.46 bits per heavy atom. The maximum absolute atomic E-state index is 13.3. The Labute approximate surface area is 138 Å². The first-order valence-corrected chi connectivity index (χ1v) is 7.76. The van der Waals surface area contributed by atoms with Crippen LogP contribution in [0.1, 0.15) is 22.8 Å². The molecule has 8 heteroatoms. The van der Waals surface area contributed by atoms with Crippen LogP contribution in [0.25, 0.3) is 0 Å². The third kappa shape index (κ3) is 4.67. The van der Waals surface area contributed by atoms with E-state index in [0.29, 0.717) is 18.7 Å². The molecule has 134 valence electrons. The van der Waals surface area contributed by atoms with Gasteiger partial charge in [-0.05, 0) is 32.2 Å². The van der Waals surface area contributed by atoms with Crippen molar-refractivity contribution in [1.29, 1.82) is 0 Å². The van der Waals surface area contributed by atoms with Gasteiger partial charge in [-0.2, -0.15) is 13.2 Å². The van der Waals surface area contributed by atoms with E-state index in [1.807, 2.05) is 14.0 Å². The van der Waals surface area contributed by atoms with Crippen LogP contribution in [0.4, 0.5) is 17.6 Å². The minimum Gasteiger partial charge on any atom is -0.350 e. The monoisotopic (exact) mass is 347 g/mol. The lowest BCUT2D eigenvalue weighted by Crippen LogP contribution is -2.51. The van der Waals surface area contributed by atoms with Crippen molar-refractivity contribution >= 4 is 5.91 Å². The number of piperazine rings is 1. The molecule has 0 aliphatic carbocycles. The van der Waals surface area contributed by atoms with Crippen LogP contribution in [-0.4, -0.2) is 61.5 Å². The zero-order valence-electron chi connectivity index (χ0n) is 13.7. The van der Waals surface area contributed by atoms with Gasteiger partial charge < -0.3 is 10.2 Å². The summed E-state index contributed by atoms with van der Waals surface area (Å²) in [5.74, 6) is -2.02. The zero-order valence-corrected chi connectivity index (χ0v) is 13.7. The number of carbonyl (C=O) groups excluding carboxylic acids is 1. The molecular weight excluding hydrogens is 326 g/mol. The van der Waals surface area contributed by atoms with Crippen LogP contribution >= 0.6 is 0 Å². The maximum Gasteiger partial charge on any atom is 0.419 e. The Morgan fingerprint density at radius 2 is 1.88 bits per heavy atom. The lowest BCUT2D eigenvalue weighted by atomic mass is 10.1. The van der Waals surface area contributed by atoms with E-state index in [4.69, 9.17) is 0 Å². The van der Waals surface area contributed by atoms with E-state index in [-0.39, 0.29) is 11.6 Å². The summed E-state index contributed by atoms with van der Waals surface area (Å²) in [5.41, 5.74) is -1.63. The maximum atomic E-state index is 13.3. The molecule has 0 saturated carbocycles. The van der Waals surface area contributed by atoms with E-state index in [1.54, 1.807) is 0 Å². The van der Waals surface area contributed by atoms with E-state index >= 15 is 0 Å². The highest BCUT2D eigenvalue weighted by Crippen LogP contribution is 2.31. The number of amides is 1. The number of rotatable bonds is 4.